The number of fused-ring (bicyclic) bond motifs is 1. The Morgan fingerprint density at radius 1 is 1.16 bits per heavy atom. The second-order valence-electron chi connectivity index (χ2n) is 4.45. The number of methoxy groups -OCH3 is 1. The summed E-state index contributed by atoms with van der Waals surface area (Å²) in [7, 11) is 1.52. The van der Waals surface area contributed by atoms with E-state index in [0.717, 1.165) is 22.2 Å². The van der Waals surface area contributed by atoms with Crippen LogP contribution < -0.4 is 4.74 Å². The van der Waals surface area contributed by atoms with Crippen molar-refractivity contribution in [2.24, 2.45) is 0 Å². The fourth-order valence-electron chi connectivity index (χ4n) is 2.11. The fraction of sp³-hybridized carbons (Fsp3) is 0.133. The molecule has 96 valence electrons. The molecule has 0 aliphatic heterocycles. The normalized spacial score (nSPS) is 10.9. The van der Waals surface area contributed by atoms with Crippen molar-refractivity contribution < 1.29 is 9.13 Å². The molecule has 0 aliphatic carbocycles. The molecule has 3 aromatic rings. The van der Waals surface area contributed by atoms with Crippen molar-refractivity contribution in [2.75, 3.05) is 7.11 Å². The minimum Gasteiger partial charge on any atom is -0.496 e. The first kappa shape index (κ1) is 11.7. The predicted octanol–water partition coefficient (Wildman–Crippen LogP) is 3.69. The summed E-state index contributed by atoms with van der Waals surface area (Å²) in [5.41, 5.74) is 3.75. The van der Waals surface area contributed by atoms with E-state index < -0.39 is 0 Å². The molecule has 0 atom stereocenters. The van der Waals surface area contributed by atoms with E-state index >= 15 is 0 Å². The van der Waals surface area contributed by atoms with Crippen LogP contribution >= 0.6 is 0 Å². The smallest absolute Gasteiger partial charge is 0.142 e. The summed E-state index contributed by atoms with van der Waals surface area (Å²) in [6.45, 7) is 2.03. The van der Waals surface area contributed by atoms with Crippen LogP contribution in [0.15, 0.2) is 36.4 Å². The molecule has 0 fully saturated rings. The maximum atomic E-state index is 13.2. The van der Waals surface area contributed by atoms with Crippen molar-refractivity contribution in [3.05, 3.63) is 47.8 Å². The van der Waals surface area contributed by atoms with Gasteiger partial charge in [0.05, 0.1) is 23.7 Å². The van der Waals surface area contributed by atoms with Crippen LogP contribution in [0.1, 0.15) is 5.56 Å². The van der Waals surface area contributed by atoms with Gasteiger partial charge in [-0.3, -0.25) is 0 Å². The predicted molar refractivity (Wildman–Crippen MR) is 72.8 cm³/mol. The maximum Gasteiger partial charge on any atom is 0.142 e. The van der Waals surface area contributed by atoms with Gasteiger partial charge in [0.15, 0.2) is 0 Å². The number of H-pyrrole nitrogens is 1. The molecule has 0 aliphatic rings. The average Bonchev–Trinajstić information content (AvgIpc) is 2.81. The minimum absolute atomic E-state index is 0.326. The van der Waals surface area contributed by atoms with E-state index in [9.17, 15) is 4.39 Å². The molecule has 1 heterocycles. The van der Waals surface area contributed by atoms with E-state index in [1.54, 1.807) is 6.07 Å². The van der Waals surface area contributed by atoms with Gasteiger partial charge in [-0.25, -0.2) is 9.37 Å². The summed E-state index contributed by atoms with van der Waals surface area (Å²) in [5, 5.41) is 0. The van der Waals surface area contributed by atoms with Crippen molar-refractivity contribution in [3.8, 4) is 17.1 Å². The number of hydrogen-bond acceptors (Lipinski definition) is 2. The van der Waals surface area contributed by atoms with Gasteiger partial charge in [-0.2, -0.15) is 0 Å². The second-order valence-corrected chi connectivity index (χ2v) is 4.45. The molecule has 3 nitrogen and oxygen atoms in total. The monoisotopic (exact) mass is 256 g/mol. The van der Waals surface area contributed by atoms with Gasteiger partial charge >= 0.3 is 0 Å². The van der Waals surface area contributed by atoms with E-state index in [1.807, 2.05) is 25.1 Å². The van der Waals surface area contributed by atoms with Crippen LogP contribution in [0.3, 0.4) is 0 Å². The van der Waals surface area contributed by atoms with Crippen LogP contribution in [-0.2, 0) is 0 Å². The van der Waals surface area contributed by atoms with Gasteiger partial charge in [0, 0.05) is 6.07 Å². The van der Waals surface area contributed by atoms with Crippen LogP contribution in [-0.4, -0.2) is 17.1 Å². The minimum atomic E-state index is -0.326. The van der Waals surface area contributed by atoms with Crippen molar-refractivity contribution >= 4 is 11.0 Å². The summed E-state index contributed by atoms with van der Waals surface area (Å²) in [5.74, 6) is 0.820. The van der Waals surface area contributed by atoms with Crippen LogP contribution in [0.5, 0.6) is 5.75 Å². The first-order valence-corrected chi connectivity index (χ1v) is 5.97. The van der Waals surface area contributed by atoms with Crippen molar-refractivity contribution in [1.29, 1.82) is 0 Å². The van der Waals surface area contributed by atoms with Gasteiger partial charge in [0.2, 0.25) is 0 Å². The number of aromatic nitrogens is 2. The van der Waals surface area contributed by atoms with Crippen LogP contribution in [0.4, 0.5) is 4.39 Å². The molecule has 3 rings (SSSR count). The lowest BCUT2D eigenvalue weighted by Gasteiger charge is -2.05. The number of halogens is 1. The Morgan fingerprint density at radius 2 is 2.00 bits per heavy atom. The van der Waals surface area contributed by atoms with Crippen molar-refractivity contribution in [3.63, 3.8) is 0 Å². The Kier molecular flexibility index (Phi) is 2.71. The first-order chi connectivity index (χ1) is 9.17. The molecule has 0 saturated carbocycles. The average molecular weight is 256 g/mol. The Hall–Kier alpha value is -2.36. The third-order valence-electron chi connectivity index (χ3n) is 3.06. The van der Waals surface area contributed by atoms with Crippen molar-refractivity contribution in [2.45, 2.75) is 6.92 Å². The molecule has 0 bridgehead atoms. The Morgan fingerprint density at radius 3 is 2.79 bits per heavy atom. The Labute approximate surface area is 110 Å². The number of nitrogens with one attached hydrogen (secondary N) is 1. The Bertz CT molecular complexity index is 749. The van der Waals surface area contributed by atoms with Gasteiger partial charge in [-0.05, 0) is 36.8 Å². The molecule has 0 saturated heterocycles. The number of aryl methyl sites for hydroxylation is 1. The lowest BCUT2D eigenvalue weighted by Crippen LogP contribution is -1.90. The highest BCUT2D eigenvalue weighted by molar-refractivity contribution is 5.81. The molecule has 4 heteroatoms. The third-order valence-corrected chi connectivity index (χ3v) is 3.06. The van der Waals surface area contributed by atoms with E-state index in [1.165, 1.54) is 19.2 Å². The number of rotatable bonds is 2. The first-order valence-electron chi connectivity index (χ1n) is 5.97. The number of imidazole rings is 1. The number of benzene rings is 2. The zero-order valence-corrected chi connectivity index (χ0v) is 10.7. The third kappa shape index (κ3) is 2.05. The molecule has 1 aromatic heterocycles. The molecular weight excluding hydrogens is 243 g/mol. The van der Waals surface area contributed by atoms with Gasteiger partial charge in [-0.1, -0.05) is 6.07 Å². The fourth-order valence-corrected chi connectivity index (χ4v) is 2.11. The molecule has 19 heavy (non-hydrogen) atoms. The second kappa shape index (κ2) is 4.39. The molecule has 0 spiro atoms. The van der Waals surface area contributed by atoms with E-state index in [4.69, 9.17) is 4.74 Å². The van der Waals surface area contributed by atoms with E-state index in [-0.39, 0.29) is 5.82 Å². The zero-order chi connectivity index (χ0) is 13.4. The Balaban J connectivity index is 2.18. The van der Waals surface area contributed by atoms with E-state index in [2.05, 4.69) is 9.97 Å². The molecule has 0 amide bonds. The van der Waals surface area contributed by atoms with Gasteiger partial charge in [0.25, 0.3) is 0 Å². The molecule has 0 unspecified atom stereocenters. The number of aromatic amines is 1. The van der Waals surface area contributed by atoms with Crippen molar-refractivity contribution in [1.82, 2.24) is 9.97 Å². The quantitative estimate of drug-likeness (QED) is 0.759. The molecular formula is C15H13FN2O. The molecule has 2 aromatic carbocycles. The van der Waals surface area contributed by atoms with Crippen LogP contribution in [0.25, 0.3) is 22.4 Å². The lowest BCUT2D eigenvalue weighted by molar-refractivity contribution is 0.412. The van der Waals surface area contributed by atoms with Crippen LogP contribution in [0.2, 0.25) is 0 Å². The topological polar surface area (TPSA) is 37.9 Å². The molecule has 0 radical (unpaired) electrons. The van der Waals surface area contributed by atoms with Crippen LogP contribution in [0, 0.1) is 12.7 Å². The summed E-state index contributed by atoms with van der Waals surface area (Å²) >= 11 is 0. The van der Waals surface area contributed by atoms with Gasteiger partial charge < -0.3 is 9.72 Å². The van der Waals surface area contributed by atoms with Gasteiger partial charge in [-0.15, -0.1) is 0 Å². The number of ether oxygens (including phenoxy) is 1. The highest BCUT2D eigenvalue weighted by Gasteiger charge is 2.11. The van der Waals surface area contributed by atoms with Gasteiger partial charge in [0.1, 0.15) is 17.4 Å². The summed E-state index contributed by atoms with van der Waals surface area (Å²) < 4.78 is 18.4. The van der Waals surface area contributed by atoms with E-state index in [0.29, 0.717) is 11.6 Å². The summed E-state index contributed by atoms with van der Waals surface area (Å²) in [6.07, 6.45) is 0. The SMILES string of the molecule is COc1cc(F)ccc1-c1nc2ccc(C)cc2[nH]1. The maximum absolute atomic E-state index is 13.2. The highest BCUT2D eigenvalue weighted by Crippen LogP contribution is 2.30. The zero-order valence-electron chi connectivity index (χ0n) is 10.7. The lowest BCUT2D eigenvalue weighted by atomic mass is 10.2. The number of nitrogens with zero attached hydrogens (tertiary/aromatic N) is 1. The largest absolute Gasteiger partial charge is 0.496 e. The highest BCUT2D eigenvalue weighted by atomic mass is 19.1. The summed E-state index contributed by atoms with van der Waals surface area (Å²) in [6, 6.07) is 10.4. The molecule has 1 N–H and O–H groups in total. The standard InChI is InChI=1S/C15H13FN2O/c1-9-3-6-12-13(7-9)18-15(17-12)11-5-4-10(16)8-14(11)19-2/h3-8H,1-2H3,(H,17,18). The number of hydrogen-bond donors (Lipinski definition) is 1. The summed E-state index contributed by atoms with van der Waals surface area (Å²) in [4.78, 5) is 7.74.